The second-order valence-electron chi connectivity index (χ2n) is 4.39. The number of benzene rings is 1. The predicted octanol–water partition coefficient (Wildman–Crippen LogP) is 1.84. The Balaban J connectivity index is 1.80. The summed E-state index contributed by atoms with van der Waals surface area (Å²) in [6.45, 7) is 0.236. The highest BCUT2D eigenvalue weighted by atomic mass is 16.7. The highest BCUT2D eigenvalue weighted by molar-refractivity contribution is 5.89. The molecule has 3 heterocycles. The molecular formula is C13H11N5O2. The lowest BCUT2D eigenvalue weighted by atomic mass is 10.2. The summed E-state index contributed by atoms with van der Waals surface area (Å²) in [7, 11) is 1.84. The molecule has 1 aromatic carbocycles. The number of hydrogen-bond donors (Lipinski definition) is 1. The van der Waals surface area contributed by atoms with E-state index in [1.165, 1.54) is 6.33 Å². The Morgan fingerprint density at radius 3 is 3.15 bits per heavy atom. The fraction of sp³-hybridized carbons (Fsp3) is 0.154. The first-order valence-electron chi connectivity index (χ1n) is 6.11. The molecule has 0 radical (unpaired) electrons. The Kier molecular flexibility index (Phi) is 2.26. The molecule has 0 amide bonds. The maximum Gasteiger partial charge on any atom is 0.231 e. The molecule has 3 aromatic rings. The van der Waals surface area contributed by atoms with Gasteiger partial charge < -0.3 is 14.8 Å². The van der Waals surface area contributed by atoms with Gasteiger partial charge in [0.25, 0.3) is 0 Å². The van der Waals surface area contributed by atoms with Crippen molar-refractivity contribution in [3.05, 3.63) is 30.7 Å². The molecule has 7 nitrogen and oxygen atoms in total. The van der Waals surface area contributed by atoms with Crippen LogP contribution in [0.2, 0.25) is 0 Å². The van der Waals surface area contributed by atoms with E-state index in [9.17, 15) is 0 Å². The highest BCUT2D eigenvalue weighted by Gasteiger charge is 2.18. The summed E-state index contributed by atoms with van der Waals surface area (Å²) in [5.41, 5.74) is 1.58. The first-order chi connectivity index (χ1) is 9.83. The van der Waals surface area contributed by atoms with Crippen molar-refractivity contribution in [1.29, 1.82) is 0 Å². The van der Waals surface area contributed by atoms with E-state index in [0.717, 1.165) is 22.5 Å². The molecule has 100 valence electrons. The Morgan fingerprint density at radius 2 is 2.20 bits per heavy atom. The first-order valence-corrected chi connectivity index (χ1v) is 6.11. The largest absolute Gasteiger partial charge is 0.454 e. The first kappa shape index (κ1) is 11.0. The van der Waals surface area contributed by atoms with Crippen LogP contribution in [0.5, 0.6) is 11.5 Å². The number of aromatic nitrogens is 4. The zero-order chi connectivity index (χ0) is 13.5. The number of ether oxygens (including phenoxy) is 2. The Hall–Kier alpha value is -2.83. The summed E-state index contributed by atoms with van der Waals surface area (Å²) in [6.07, 6.45) is 3.24. The van der Waals surface area contributed by atoms with Crippen LogP contribution in [0.15, 0.2) is 30.7 Å². The number of hydrogen-bond acceptors (Lipinski definition) is 6. The van der Waals surface area contributed by atoms with E-state index >= 15 is 0 Å². The number of para-hydroxylation sites is 1. The molecule has 1 aliphatic rings. The molecule has 0 bridgehead atoms. The minimum atomic E-state index is 0.236. The molecule has 7 heteroatoms. The van der Waals surface area contributed by atoms with Crippen molar-refractivity contribution in [2.45, 2.75) is 0 Å². The van der Waals surface area contributed by atoms with Crippen molar-refractivity contribution >= 4 is 22.5 Å². The molecule has 0 saturated carbocycles. The van der Waals surface area contributed by atoms with E-state index in [0.29, 0.717) is 11.6 Å². The van der Waals surface area contributed by atoms with Crippen LogP contribution in [0.3, 0.4) is 0 Å². The van der Waals surface area contributed by atoms with Crippen LogP contribution in [0.4, 0.5) is 11.5 Å². The normalized spacial score (nSPS) is 12.8. The monoisotopic (exact) mass is 269 g/mol. The Morgan fingerprint density at radius 1 is 1.25 bits per heavy atom. The van der Waals surface area contributed by atoms with E-state index in [1.54, 1.807) is 10.9 Å². The van der Waals surface area contributed by atoms with E-state index in [-0.39, 0.29) is 6.79 Å². The van der Waals surface area contributed by atoms with Crippen molar-refractivity contribution in [2.24, 2.45) is 7.05 Å². The van der Waals surface area contributed by atoms with Crippen LogP contribution in [0, 0.1) is 0 Å². The lowest BCUT2D eigenvalue weighted by Gasteiger charge is -2.08. The van der Waals surface area contributed by atoms with Gasteiger partial charge >= 0.3 is 0 Å². The van der Waals surface area contributed by atoms with E-state index in [2.05, 4.69) is 20.4 Å². The quantitative estimate of drug-likeness (QED) is 0.765. The maximum absolute atomic E-state index is 5.47. The number of rotatable bonds is 2. The van der Waals surface area contributed by atoms with Crippen LogP contribution in [0.1, 0.15) is 0 Å². The zero-order valence-electron chi connectivity index (χ0n) is 10.7. The van der Waals surface area contributed by atoms with E-state index < -0.39 is 0 Å². The minimum Gasteiger partial charge on any atom is -0.454 e. The highest BCUT2D eigenvalue weighted by Crippen LogP contribution is 2.40. The van der Waals surface area contributed by atoms with Crippen LogP contribution >= 0.6 is 0 Å². The molecule has 20 heavy (non-hydrogen) atoms. The van der Waals surface area contributed by atoms with Gasteiger partial charge in [-0.3, -0.25) is 4.68 Å². The van der Waals surface area contributed by atoms with Crippen LogP contribution in [-0.2, 0) is 7.05 Å². The van der Waals surface area contributed by atoms with E-state index in [4.69, 9.17) is 9.47 Å². The summed E-state index contributed by atoms with van der Waals surface area (Å²) < 4.78 is 12.5. The Labute approximate surface area is 114 Å². The van der Waals surface area contributed by atoms with Gasteiger partial charge in [-0.2, -0.15) is 5.10 Å². The lowest BCUT2D eigenvalue weighted by Crippen LogP contribution is -1.98. The second kappa shape index (κ2) is 4.09. The molecule has 4 rings (SSSR count). The zero-order valence-corrected chi connectivity index (χ0v) is 10.7. The maximum atomic E-state index is 5.47. The number of nitrogens with one attached hydrogen (secondary N) is 1. The molecule has 0 atom stereocenters. The molecule has 1 N–H and O–H groups in total. The molecule has 0 unspecified atom stereocenters. The number of aryl methyl sites for hydroxylation is 1. The van der Waals surface area contributed by atoms with Crippen LogP contribution in [-0.4, -0.2) is 26.5 Å². The van der Waals surface area contributed by atoms with Crippen molar-refractivity contribution < 1.29 is 9.47 Å². The number of fused-ring (bicyclic) bond motifs is 2. The molecule has 0 fully saturated rings. The van der Waals surface area contributed by atoms with Crippen molar-refractivity contribution in [1.82, 2.24) is 19.7 Å². The summed E-state index contributed by atoms with van der Waals surface area (Å²) in [5.74, 6) is 2.11. The smallest absolute Gasteiger partial charge is 0.231 e. The van der Waals surface area contributed by atoms with Gasteiger partial charge in [-0.25, -0.2) is 9.97 Å². The molecule has 2 aromatic heterocycles. The summed E-state index contributed by atoms with van der Waals surface area (Å²) in [4.78, 5) is 8.48. The summed E-state index contributed by atoms with van der Waals surface area (Å²) >= 11 is 0. The van der Waals surface area contributed by atoms with Gasteiger partial charge in [0.05, 0.1) is 17.3 Å². The minimum absolute atomic E-state index is 0.236. The van der Waals surface area contributed by atoms with Gasteiger partial charge in [0.15, 0.2) is 17.1 Å². The van der Waals surface area contributed by atoms with Crippen molar-refractivity contribution in [2.75, 3.05) is 12.1 Å². The van der Waals surface area contributed by atoms with Gasteiger partial charge in [-0.1, -0.05) is 6.07 Å². The molecule has 1 aliphatic heterocycles. The second-order valence-corrected chi connectivity index (χ2v) is 4.39. The predicted molar refractivity (Wildman–Crippen MR) is 72.2 cm³/mol. The third-order valence-corrected chi connectivity index (χ3v) is 3.18. The summed E-state index contributed by atoms with van der Waals surface area (Å²) in [6, 6.07) is 5.68. The third-order valence-electron chi connectivity index (χ3n) is 3.18. The van der Waals surface area contributed by atoms with Gasteiger partial charge in [0.1, 0.15) is 12.1 Å². The molecule has 0 saturated heterocycles. The number of nitrogens with zero attached hydrogens (tertiary/aromatic N) is 4. The fourth-order valence-corrected chi connectivity index (χ4v) is 2.22. The summed E-state index contributed by atoms with van der Waals surface area (Å²) in [5, 5.41) is 8.29. The van der Waals surface area contributed by atoms with Crippen molar-refractivity contribution in [3.63, 3.8) is 0 Å². The van der Waals surface area contributed by atoms with Crippen molar-refractivity contribution in [3.8, 4) is 11.5 Å². The number of anilines is 2. The van der Waals surface area contributed by atoms with Gasteiger partial charge in [0.2, 0.25) is 6.79 Å². The standard InChI is InChI=1S/C13H11N5O2/c1-18-13-8(5-16-18)12(14-6-15-13)17-9-3-2-4-10-11(9)20-7-19-10/h2-6H,7H2,1H3,(H,14,15,17). The average molecular weight is 269 g/mol. The molecule has 0 spiro atoms. The van der Waals surface area contributed by atoms with Crippen LogP contribution in [0.25, 0.3) is 11.0 Å². The third kappa shape index (κ3) is 1.56. The molecular weight excluding hydrogens is 258 g/mol. The molecule has 0 aliphatic carbocycles. The Bertz CT molecular complexity index is 799. The topological polar surface area (TPSA) is 74.1 Å². The SMILES string of the molecule is Cn1ncc2c(Nc3cccc4c3OCO4)ncnc21. The van der Waals surface area contributed by atoms with Crippen LogP contribution < -0.4 is 14.8 Å². The van der Waals surface area contributed by atoms with Gasteiger partial charge in [0, 0.05) is 7.05 Å². The van der Waals surface area contributed by atoms with E-state index in [1.807, 2.05) is 25.2 Å². The van der Waals surface area contributed by atoms with Gasteiger partial charge in [-0.15, -0.1) is 0 Å². The van der Waals surface area contributed by atoms with Gasteiger partial charge in [-0.05, 0) is 12.1 Å². The lowest BCUT2D eigenvalue weighted by molar-refractivity contribution is 0.174. The fourth-order valence-electron chi connectivity index (χ4n) is 2.22. The average Bonchev–Trinajstić information content (AvgIpc) is 3.08.